The molecule has 0 bridgehead atoms. The van der Waals surface area contributed by atoms with E-state index in [1.54, 1.807) is 0 Å². The molecule has 0 radical (unpaired) electrons. The van der Waals surface area contributed by atoms with Gasteiger partial charge < -0.3 is 10.4 Å². The summed E-state index contributed by atoms with van der Waals surface area (Å²) in [7, 11) is 0. The van der Waals surface area contributed by atoms with Gasteiger partial charge in [0.25, 0.3) is 0 Å². The molecule has 5 heteroatoms. The fourth-order valence-electron chi connectivity index (χ4n) is 3.32. The Balaban J connectivity index is 1.67. The lowest BCUT2D eigenvalue weighted by Crippen LogP contribution is -2.51. The van der Waals surface area contributed by atoms with Crippen molar-refractivity contribution in [3.63, 3.8) is 0 Å². The highest BCUT2D eigenvalue weighted by molar-refractivity contribution is 5.91. The summed E-state index contributed by atoms with van der Waals surface area (Å²) in [5.74, 6) is -0.751. The van der Waals surface area contributed by atoms with E-state index in [9.17, 15) is 4.79 Å². The maximum absolute atomic E-state index is 10.9. The minimum Gasteiger partial charge on any atom is -0.480 e. The Morgan fingerprint density at radius 3 is 2.83 bits per heavy atom. The number of benzene rings is 1. The van der Waals surface area contributed by atoms with Crippen LogP contribution in [0.5, 0.6) is 0 Å². The predicted molar refractivity (Wildman–Crippen MR) is 91.8 cm³/mol. The lowest BCUT2D eigenvalue weighted by atomic mass is 9.85. The quantitative estimate of drug-likeness (QED) is 0.858. The van der Waals surface area contributed by atoms with Crippen LogP contribution < -0.4 is 5.32 Å². The molecule has 5 nitrogen and oxygen atoms in total. The summed E-state index contributed by atoms with van der Waals surface area (Å²) in [6.45, 7) is 4.93. The smallest absolute Gasteiger partial charge is 0.317 e. The van der Waals surface area contributed by atoms with Crippen LogP contribution in [-0.4, -0.2) is 46.1 Å². The monoisotopic (exact) mass is 313 g/mol. The zero-order valence-electron chi connectivity index (χ0n) is 13.6. The molecule has 0 spiro atoms. The summed E-state index contributed by atoms with van der Waals surface area (Å²) >= 11 is 0. The summed E-state index contributed by atoms with van der Waals surface area (Å²) in [5.41, 5.74) is 3.13. The molecule has 0 atom stereocenters. The summed E-state index contributed by atoms with van der Waals surface area (Å²) in [4.78, 5) is 17.5. The van der Waals surface area contributed by atoms with Crippen molar-refractivity contribution >= 4 is 22.6 Å². The molecule has 3 rings (SSSR count). The zero-order chi connectivity index (χ0) is 16.4. The lowest BCUT2D eigenvalue weighted by molar-refractivity contribution is -0.139. The van der Waals surface area contributed by atoms with Crippen LogP contribution in [0.3, 0.4) is 0 Å². The van der Waals surface area contributed by atoms with Gasteiger partial charge in [-0.15, -0.1) is 0 Å². The number of carboxylic acids is 1. The molecule has 1 fully saturated rings. The highest BCUT2D eigenvalue weighted by Crippen LogP contribution is 2.31. The molecule has 23 heavy (non-hydrogen) atoms. The van der Waals surface area contributed by atoms with Gasteiger partial charge in [0.2, 0.25) is 0 Å². The minimum atomic E-state index is -0.751. The normalized spacial score (nSPS) is 20.5. The Morgan fingerprint density at radius 2 is 2.13 bits per heavy atom. The van der Waals surface area contributed by atoms with Crippen LogP contribution in [0.15, 0.2) is 30.3 Å². The molecule has 1 aliphatic carbocycles. The number of carbonyl (C=O) groups is 1. The number of anilines is 1. The van der Waals surface area contributed by atoms with Gasteiger partial charge in [0.1, 0.15) is 0 Å². The van der Waals surface area contributed by atoms with Crippen molar-refractivity contribution in [3.05, 3.63) is 36.0 Å². The first-order valence-corrected chi connectivity index (χ1v) is 8.15. The molecule has 2 aromatic rings. The first-order valence-electron chi connectivity index (χ1n) is 8.15. The van der Waals surface area contributed by atoms with E-state index in [2.05, 4.69) is 22.4 Å². The molecule has 1 aromatic heterocycles. The SMILES string of the molecule is CCN(CC(=O)O)C1CC(Nc2cc(C)nc3ccccc23)C1. The lowest BCUT2D eigenvalue weighted by Gasteiger charge is -2.42. The van der Waals surface area contributed by atoms with Gasteiger partial charge in [-0.2, -0.15) is 0 Å². The summed E-state index contributed by atoms with van der Waals surface area (Å²) in [6.07, 6.45) is 1.97. The van der Waals surface area contributed by atoms with Crippen LogP contribution in [0.1, 0.15) is 25.5 Å². The Labute approximate surface area is 136 Å². The maximum atomic E-state index is 10.9. The Bertz CT molecular complexity index is 710. The van der Waals surface area contributed by atoms with Crippen molar-refractivity contribution in [3.8, 4) is 0 Å². The molecule has 0 unspecified atom stereocenters. The van der Waals surface area contributed by atoms with Gasteiger partial charge in [-0.1, -0.05) is 25.1 Å². The molecule has 1 aromatic carbocycles. The maximum Gasteiger partial charge on any atom is 0.317 e. The van der Waals surface area contributed by atoms with Crippen LogP contribution in [0, 0.1) is 6.92 Å². The van der Waals surface area contributed by atoms with E-state index in [4.69, 9.17) is 5.11 Å². The number of likely N-dealkylation sites (N-methyl/N-ethyl adjacent to an activating group) is 1. The number of nitrogens with zero attached hydrogens (tertiary/aromatic N) is 2. The van der Waals surface area contributed by atoms with E-state index in [0.717, 1.165) is 41.7 Å². The van der Waals surface area contributed by atoms with Crippen LogP contribution >= 0.6 is 0 Å². The number of aromatic nitrogens is 1. The molecule has 2 N–H and O–H groups in total. The summed E-state index contributed by atoms with van der Waals surface area (Å²) < 4.78 is 0. The van der Waals surface area contributed by atoms with Crippen molar-refractivity contribution in [1.29, 1.82) is 0 Å². The summed E-state index contributed by atoms with van der Waals surface area (Å²) in [6, 6.07) is 11.0. The van der Waals surface area contributed by atoms with Crippen LogP contribution in [0.2, 0.25) is 0 Å². The second kappa shape index (κ2) is 6.54. The average Bonchev–Trinajstić information content (AvgIpc) is 2.48. The van der Waals surface area contributed by atoms with E-state index < -0.39 is 5.97 Å². The third-order valence-corrected chi connectivity index (χ3v) is 4.58. The zero-order valence-corrected chi connectivity index (χ0v) is 13.6. The van der Waals surface area contributed by atoms with Crippen LogP contribution in [0.4, 0.5) is 5.69 Å². The topological polar surface area (TPSA) is 65.5 Å². The highest BCUT2D eigenvalue weighted by atomic mass is 16.4. The second-order valence-corrected chi connectivity index (χ2v) is 6.25. The first-order chi connectivity index (χ1) is 11.1. The molecule has 1 heterocycles. The number of nitrogens with one attached hydrogen (secondary N) is 1. The Hall–Kier alpha value is -2.14. The number of aliphatic carboxylic acids is 1. The number of rotatable bonds is 6. The molecule has 1 saturated carbocycles. The second-order valence-electron chi connectivity index (χ2n) is 6.25. The number of carboxylic acid groups (broad SMARTS) is 1. The Morgan fingerprint density at radius 1 is 1.39 bits per heavy atom. The van der Waals surface area contributed by atoms with Gasteiger partial charge in [0, 0.05) is 28.9 Å². The summed E-state index contributed by atoms with van der Waals surface area (Å²) in [5, 5.41) is 13.7. The van der Waals surface area contributed by atoms with Gasteiger partial charge in [-0.05, 0) is 38.4 Å². The van der Waals surface area contributed by atoms with E-state index in [1.165, 1.54) is 0 Å². The fourth-order valence-corrected chi connectivity index (χ4v) is 3.32. The van der Waals surface area contributed by atoms with E-state index in [-0.39, 0.29) is 6.54 Å². The van der Waals surface area contributed by atoms with Gasteiger partial charge in [-0.3, -0.25) is 14.7 Å². The van der Waals surface area contributed by atoms with Crippen molar-refractivity contribution in [2.45, 2.75) is 38.8 Å². The largest absolute Gasteiger partial charge is 0.480 e. The number of hydrogen-bond donors (Lipinski definition) is 2. The minimum absolute atomic E-state index is 0.130. The molecular weight excluding hydrogens is 290 g/mol. The van der Waals surface area contributed by atoms with E-state index >= 15 is 0 Å². The fraction of sp³-hybridized carbons (Fsp3) is 0.444. The van der Waals surface area contributed by atoms with Crippen molar-refractivity contribution in [2.75, 3.05) is 18.4 Å². The third kappa shape index (κ3) is 3.45. The van der Waals surface area contributed by atoms with Crippen LogP contribution in [-0.2, 0) is 4.79 Å². The number of hydrogen-bond acceptors (Lipinski definition) is 4. The van der Waals surface area contributed by atoms with Gasteiger partial charge in [0.15, 0.2) is 0 Å². The molecular formula is C18H23N3O2. The standard InChI is InChI=1S/C18H23N3O2/c1-3-21(11-18(22)23)14-9-13(10-14)20-17-8-12(2)19-16-7-5-4-6-15(16)17/h4-8,13-14H,3,9-11H2,1-2H3,(H,19,20)(H,22,23). The van der Waals surface area contributed by atoms with E-state index in [0.29, 0.717) is 12.1 Å². The molecule has 0 aliphatic heterocycles. The van der Waals surface area contributed by atoms with Crippen molar-refractivity contribution < 1.29 is 9.90 Å². The first kappa shape index (κ1) is 15.7. The third-order valence-electron chi connectivity index (χ3n) is 4.58. The molecule has 1 aliphatic rings. The van der Waals surface area contributed by atoms with Crippen molar-refractivity contribution in [2.24, 2.45) is 0 Å². The number of para-hydroxylation sites is 1. The number of pyridine rings is 1. The highest BCUT2D eigenvalue weighted by Gasteiger charge is 2.33. The van der Waals surface area contributed by atoms with Crippen LogP contribution in [0.25, 0.3) is 10.9 Å². The molecule has 0 saturated heterocycles. The van der Waals surface area contributed by atoms with Gasteiger partial charge in [0.05, 0.1) is 12.1 Å². The molecule has 122 valence electrons. The number of fused-ring (bicyclic) bond motifs is 1. The van der Waals surface area contributed by atoms with Gasteiger partial charge in [-0.25, -0.2) is 0 Å². The van der Waals surface area contributed by atoms with Gasteiger partial charge >= 0.3 is 5.97 Å². The Kier molecular flexibility index (Phi) is 4.48. The number of aryl methyl sites for hydroxylation is 1. The predicted octanol–water partition coefficient (Wildman–Crippen LogP) is 2.89. The van der Waals surface area contributed by atoms with E-state index in [1.807, 2.05) is 36.9 Å². The van der Waals surface area contributed by atoms with Crippen molar-refractivity contribution in [1.82, 2.24) is 9.88 Å². The average molecular weight is 313 g/mol. The molecule has 0 amide bonds.